The summed E-state index contributed by atoms with van der Waals surface area (Å²) in [4.78, 5) is 0. The van der Waals surface area contributed by atoms with Crippen LogP contribution in [0, 0.1) is 5.92 Å². The van der Waals surface area contributed by atoms with Gasteiger partial charge in [0.1, 0.15) is 6.10 Å². The Hall–Kier alpha value is -1.26. The van der Waals surface area contributed by atoms with Crippen molar-refractivity contribution in [1.29, 1.82) is 0 Å². The van der Waals surface area contributed by atoms with E-state index in [9.17, 15) is 0 Å². The van der Waals surface area contributed by atoms with Crippen molar-refractivity contribution in [3.8, 4) is 11.5 Å². The van der Waals surface area contributed by atoms with Crippen LogP contribution < -0.4 is 14.8 Å². The third-order valence-corrected chi connectivity index (χ3v) is 5.47. The maximum atomic E-state index is 9.08. The normalized spacial score (nSPS) is 32.5. The molecule has 4 heteroatoms. The average Bonchev–Trinajstić information content (AvgIpc) is 2.93. The predicted molar refractivity (Wildman–Crippen MR) is 80.1 cm³/mol. The molecule has 4 nitrogen and oxygen atoms in total. The second kappa shape index (κ2) is 5.18. The lowest BCUT2D eigenvalue weighted by Crippen LogP contribution is -2.50. The van der Waals surface area contributed by atoms with E-state index in [4.69, 9.17) is 14.6 Å². The van der Waals surface area contributed by atoms with Crippen LogP contribution in [-0.4, -0.2) is 37.5 Å². The smallest absolute Gasteiger partial charge is 0.165 e. The standard InChI is InChI=1S/C17H23NO3/c1-20-13-7-5-11-3-2-10-4-6-12(18-8-9-19)16-14(10)15(11)17(13)21-16/h5,7,10,12,14,16,18-19H,2-4,6,8-9H2,1H3. The van der Waals surface area contributed by atoms with Crippen LogP contribution in [0.5, 0.6) is 11.5 Å². The summed E-state index contributed by atoms with van der Waals surface area (Å²) < 4.78 is 11.9. The molecule has 21 heavy (non-hydrogen) atoms. The molecule has 4 atom stereocenters. The highest BCUT2D eigenvalue weighted by atomic mass is 16.5. The van der Waals surface area contributed by atoms with E-state index in [2.05, 4.69) is 11.4 Å². The second-order valence-electron chi connectivity index (χ2n) is 6.44. The lowest BCUT2D eigenvalue weighted by molar-refractivity contribution is 0.0789. The molecule has 4 unspecified atom stereocenters. The van der Waals surface area contributed by atoms with E-state index in [1.165, 1.54) is 24.0 Å². The zero-order valence-electron chi connectivity index (χ0n) is 12.5. The molecule has 0 aromatic heterocycles. The third kappa shape index (κ3) is 1.96. The van der Waals surface area contributed by atoms with Crippen molar-refractivity contribution in [1.82, 2.24) is 5.32 Å². The molecule has 1 saturated carbocycles. The Bertz CT molecular complexity index is 545. The molecule has 2 aliphatic carbocycles. The lowest BCUT2D eigenvalue weighted by Gasteiger charge is -2.41. The number of aryl methyl sites for hydroxylation is 1. The maximum absolute atomic E-state index is 9.08. The summed E-state index contributed by atoms with van der Waals surface area (Å²) in [6.07, 6.45) is 5.02. The predicted octanol–water partition coefficient (Wildman–Crippen LogP) is 1.85. The number of nitrogens with one attached hydrogen (secondary N) is 1. The Morgan fingerprint density at radius 3 is 3.05 bits per heavy atom. The highest BCUT2D eigenvalue weighted by Crippen LogP contribution is 2.56. The number of methoxy groups -OCH3 is 1. The van der Waals surface area contributed by atoms with E-state index in [0.29, 0.717) is 18.5 Å². The highest BCUT2D eigenvalue weighted by Gasteiger charge is 2.50. The van der Waals surface area contributed by atoms with Crippen molar-refractivity contribution in [3.05, 3.63) is 23.3 Å². The van der Waals surface area contributed by atoms with E-state index < -0.39 is 0 Å². The van der Waals surface area contributed by atoms with Crippen molar-refractivity contribution in [2.75, 3.05) is 20.3 Å². The van der Waals surface area contributed by atoms with Crippen LogP contribution in [0.15, 0.2) is 12.1 Å². The Morgan fingerprint density at radius 2 is 2.24 bits per heavy atom. The average molecular weight is 289 g/mol. The number of hydrogen-bond donors (Lipinski definition) is 2. The van der Waals surface area contributed by atoms with Gasteiger partial charge in [-0.3, -0.25) is 0 Å². The van der Waals surface area contributed by atoms with Gasteiger partial charge in [-0.05, 0) is 43.2 Å². The molecule has 0 amide bonds. The molecule has 4 rings (SSSR count). The first-order valence-corrected chi connectivity index (χ1v) is 8.04. The molecular formula is C17H23NO3. The van der Waals surface area contributed by atoms with E-state index in [1.54, 1.807) is 7.11 Å². The number of benzene rings is 1. The Balaban J connectivity index is 1.73. The molecule has 0 radical (unpaired) electrons. The molecule has 0 spiro atoms. The fourth-order valence-electron chi connectivity index (χ4n) is 4.57. The lowest BCUT2D eigenvalue weighted by atomic mass is 9.66. The summed E-state index contributed by atoms with van der Waals surface area (Å²) in [5, 5.41) is 12.5. The number of rotatable bonds is 4. The van der Waals surface area contributed by atoms with E-state index in [0.717, 1.165) is 30.3 Å². The van der Waals surface area contributed by atoms with Gasteiger partial charge in [0, 0.05) is 24.1 Å². The van der Waals surface area contributed by atoms with Gasteiger partial charge in [-0.15, -0.1) is 0 Å². The number of aliphatic hydroxyl groups excluding tert-OH is 1. The minimum atomic E-state index is 0.179. The summed E-state index contributed by atoms with van der Waals surface area (Å²) in [5.74, 6) is 3.09. The first-order chi connectivity index (χ1) is 10.3. The van der Waals surface area contributed by atoms with Crippen LogP contribution in [0.25, 0.3) is 0 Å². The topological polar surface area (TPSA) is 50.7 Å². The van der Waals surface area contributed by atoms with Crippen LogP contribution in [-0.2, 0) is 6.42 Å². The van der Waals surface area contributed by atoms with E-state index in [-0.39, 0.29) is 12.7 Å². The Labute approximate surface area is 125 Å². The van der Waals surface area contributed by atoms with Crippen molar-refractivity contribution in [2.45, 2.75) is 43.7 Å². The minimum Gasteiger partial charge on any atom is -0.493 e. The maximum Gasteiger partial charge on any atom is 0.165 e. The molecule has 1 aromatic rings. The molecule has 1 heterocycles. The summed E-state index contributed by atoms with van der Waals surface area (Å²) in [5.41, 5.74) is 2.85. The van der Waals surface area contributed by atoms with Gasteiger partial charge in [0.2, 0.25) is 0 Å². The largest absolute Gasteiger partial charge is 0.493 e. The molecule has 0 saturated heterocycles. The molecule has 1 aromatic carbocycles. The molecule has 3 aliphatic rings. The van der Waals surface area contributed by atoms with E-state index >= 15 is 0 Å². The first-order valence-electron chi connectivity index (χ1n) is 8.04. The zero-order chi connectivity index (χ0) is 14.4. The monoisotopic (exact) mass is 289 g/mol. The quantitative estimate of drug-likeness (QED) is 0.888. The first kappa shape index (κ1) is 13.4. The second-order valence-corrected chi connectivity index (χ2v) is 6.44. The van der Waals surface area contributed by atoms with Crippen LogP contribution >= 0.6 is 0 Å². The van der Waals surface area contributed by atoms with Gasteiger partial charge in [0.25, 0.3) is 0 Å². The molecule has 0 bridgehead atoms. The van der Waals surface area contributed by atoms with Crippen LogP contribution in [0.4, 0.5) is 0 Å². The summed E-state index contributed by atoms with van der Waals surface area (Å²) >= 11 is 0. The number of aliphatic hydroxyl groups is 1. The number of ether oxygens (including phenoxy) is 2. The van der Waals surface area contributed by atoms with Gasteiger partial charge in [-0.2, -0.15) is 0 Å². The zero-order valence-corrected chi connectivity index (χ0v) is 12.5. The summed E-state index contributed by atoms with van der Waals surface area (Å²) in [6.45, 7) is 0.821. The molecule has 2 N–H and O–H groups in total. The van der Waals surface area contributed by atoms with Gasteiger partial charge in [-0.25, -0.2) is 0 Å². The van der Waals surface area contributed by atoms with Gasteiger partial charge >= 0.3 is 0 Å². The fourth-order valence-corrected chi connectivity index (χ4v) is 4.57. The molecule has 114 valence electrons. The van der Waals surface area contributed by atoms with Crippen LogP contribution in [0.3, 0.4) is 0 Å². The molecule has 1 aliphatic heterocycles. The van der Waals surface area contributed by atoms with Crippen molar-refractivity contribution >= 4 is 0 Å². The van der Waals surface area contributed by atoms with Crippen LogP contribution in [0.2, 0.25) is 0 Å². The fraction of sp³-hybridized carbons (Fsp3) is 0.647. The van der Waals surface area contributed by atoms with Crippen LogP contribution in [0.1, 0.15) is 36.3 Å². The molecular weight excluding hydrogens is 266 g/mol. The highest BCUT2D eigenvalue weighted by molar-refractivity contribution is 5.57. The van der Waals surface area contributed by atoms with Gasteiger partial charge in [0.15, 0.2) is 11.5 Å². The SMILES string of the molecule is COc1ccc2c3c1OC1C(NCCO)CCC(CC2)C31. The van der Waals surface area contributed by atoms with Gasteiger partial charge in [-0.1, -0.05) is 6.07 Å². The Kier molecular flexibility index (Phi) is 3.31. The summed E-state index contributed by atoms with van der Waals surface area (Å²) in [6, 6.07) is 4.59. The van der Waals surface area contributed by atoms with E-state index in [1.807, 2.05) is 6.07 Å². The molecule has 1 fully saturated rings. The number of hydrogen-bond acceptors (Lipinski definition) is 4. The summed E-state index contributed by atoms with van der Waals surface area (Å²) in [7, 11) is 1.71. The van der Waals surface area contributed by atoms with Crippen molar-refractivity contribution in [3.63, 3.8) is 0 Å². The Morgan fingerprint density at radius 1 is 1.33 bits per heavy atom. The minimum absolute atomic E-state index is 0.179. The van der Waals surface area contributed by atoms with Gasteiger partial charge < -0.3 is 19.9 Å². The van der Waals surface area contributed by atoms with Crippen molar-refractivity contribution in [2.24, 2.45) is 5.92 Å². The van der Waals surface area contributed by atoms with Crippen molar-refractivity contribution < 1.29 is 14.6 Å². The van der Waals surface area contributed by atoms with Gasteiger partial charge in [0.05, 0.1) is 13.7 Å². The third-order valence-electron chi connectivity index (χ3n) is 5.47.